The predicted octanol–water partition coefficient (Wildman–Crippen LogP) is 1.27. The number of hydrogen-bond acceptors (Lipinski definition) is 5. The number of aryl methyl sites for hydroxylation is 1. The van der Waals surface area contributed by atoms with Crippen molar-refractivity contribution in [3.63, 3.8) is 0 Å². The van der Waals surface area contributed by atoms with Crippen molar-refractivity contribution in [3.05, 3.63) is 35.0 Å². The zero-order valence-electron chi connectivity index (χ0n) is 11.6. The summed E-state index contributed by atoms with van der Waals surface area (Å²) in [4.78, 5) is 0. The van der Waals surface area contributed by atoms with E-state index in [0.717, 1.165) is 30.2 Å². The van der Waals surface area contributed by atoms with Crippen LogP contribution in [0, 0.1) is 13.8 Å². The average molecular weight is 264 g/mol. The maximum Gasteiger partial charge on any atom is 0.158 e. The zero-order valence-corrected chi connectivity index (χ0v) is 11.6. The molecule has 6 heteroatoms. The van der Waals surface area contributed by atoms with Gasteiger partial charge in [0, 0.05) is 37.5 Å². The Morgan fingerprint density at radius 3 is 2.95 bits per heavy atom. The number of nitrogens with zero attached hydrogens (tertiary/aromatic N) is 3. The summed E-state index contributed by atoms with van der Waals surface area (Å²) in [6, 6.07) is 1.85. The SMILES string of the molecule is COCCNCc1c(C)nn(Cc2ccno2)c1C. The van der Waals surface area contributed by atoms with E-state index in [1.54, 1.807) is 13.3 Å². The summed E-state index contributed by atoms with van der Waals surface area (Å²) in [6.07, 6.45) is 1.65. The van der Waals surface area contributed by atoms with Gasteiger partial charge in [-0.1, -0.05) is 5.16 Å². The van der Waals surface area contributed by atoms with E-state index in [-0.39, 0.29) is 0 Å². The highest BCUT2D eigenvalue weighted by Gasteiger charge is 2.12. The molecule has 2 aromatic heterocycles. The maximum absolute atomic E-state index is 5.11. The molecule has 0 saturated carbocycles. The van der Waals surface area contributed by atoms with Gasteiger partial charge in [0.15, 0.2) is 5.76 Å². The van der Waals surface area contributed by atoms with Crippen LogP contribution in [0.5, 0.6) is 0 Å². The smallest absolute Gasteiger partial charge is 0.158 e. The normalized spacial score (nSPS) is 11.1. The molecule has 2 heterocycles. The first-order valence-electron chi connectivity index (χ1n) is 6.34. The second-order valence-corrected chi connectivity index (χ2v) is 4.46. The van der Waals surface area contributed by atoms with E-state index in [9.17, 15) is 0 Å². The lowest BCUT2D eigenvalue weighted by molar-refractivity contribution is 0.199. The van der Waals surface area contributed by atoms with Crippen LogP contribution in [0.4, 0.5) is 0 Å². The molecule has 2 aromatic rings. The van der Waals surface area contributed by atoms with E-state index >= 15 is 0 Å². The lowest BCUT2D eigenvalue weighted by atomic mass is 10.2. The van der Waals surface area contributed by atoms with Crippen LogP contribution in [0.2, 0.25) is 0 Å². The Bertz CT molecular complexity index is 505. The molecule has 0 saturated heterocycles. The van der Waals surface area contributed by atoms with Crippen LogP contribution in [-0.2, 0) is 17.8 Å². The molecule has 6 nitrogen and oxygen atoms in total. The molecular formula is C13H20N4O2. The second kappa shape index (κ2) is 6.49. The maximum atomic E-state index is 5.11. The van der Waals surface area contributed by atoms with Crippen molar-refractivity contribution in [1.82, 2.24) is 20.3 Å². The summed E-state index contributed by atoms with van der Waals surface area (Å²) in [5.41, 5.74) is 3.43. The summed E-state index contributed by atoms with van der Waals surface area (Å²) in [5.74, 6) is 0.810. The van der Waals surface area contributed by atoms with Crippen molar-refractivity contribution in [2.75, 3.05) is 20.3 Å². The van der Waals surface area contributed by atoms with Crippen molar-refractivity contribution in [2.24, 2.45) is 0 Å². The minimum atomic E-state index is 0.616. The van der Waals surface area contributed by atoms with Crippen LogP contribution in [0.3, 0.4) is 0 Å². The van der Waals surface area contributed by atoms with Crippen molar-refractivity contribution in [3.8, 4) is 0 Å². The van der Waals surface area contributed by atoms with E-state index in [4.69, 9.17) is 9.26 Å². The fraction of sp³-hybridized carbons (Fsp3) is 0.538. The Balaban J connectivity index is 2.02. The lowest BCUT2D eigenvalue weighted by Crippen LogP contribution is -2.19. The van der Waals surface area contributed by atoms with Gasteiger partial charge in [0.2, 0.25) is 0 Å². The van der Waals surface area contributed by atoms with Gasteiger partial charge in [0.1, 0.15) is 6.54 Å². The van der Waals surface area contributed by atoms with Crippen molar-refractivity contribution in [2.45, 2.75) is 26.9 Å². The Morgan fingerprint density at radius 1 is 1.42 bits per heavy atom. The molecular weight excluding hydrogens is 244 g/mol. The van der Waals surface area contributed by atoms with E-state index in [0.29, 0.717) is 13.2 Å². The Labute approximate surface area is 112 Å². The molecule has 19 heavy (non-hydrogen) atoms. The molecule has 0 atom stereocenters. The number of hydrogen-bond donors (Lipinski definition) is 1. The first-order chi connectivity index (χ1) is 9.22. The number of rotatable bonds is 7. The van der Waals surface area contributed by atoms with Gasteiger partial charge in [0.25, 0.3) is 0 Å². The molecule has 0 spiro atoms. The average Bonchev–Trinajstić information content (AvgIpc) is 2.98. The van der Waals surface area contributed by atoms with Crippen LogP contribution in [-0.4, -0.2) is 35.2 Å². The fourth-order valence-electron chi connectivity index (χ4n) is 2.00. The highest BCUT2D eigenvalue weighted by Crippen LogP contribution is 2.14. The third kappa shape index (κ3) is 3.42. The predicted molar refractivity (Wildman–Crippen MR) is 70.9 cm³/mol. The molecule has 0 fully saturated rings. The minimum absolute atomic E-state index is 0.616. The second-order valence-electron chi connectivity index (χ2n) is 4.46. The highest BCUT2D eigenvalue weighted by atomic mass is 16.5. The number of nitrogens with one attached hydrogen (secondary N) is 1. The topological polar surface area (TPSA) is 65.1 Å². The first kappa shape index (κ1) is 13.8. The van der Waals surface area contributed by atoms with Gasteiger partial charge in [0.05, 0.1) is 18.5 Å². The molecule has 104 valence electrons. The van der Waals surface area contributed by atoms with E-state index in [1.807, 2.05) is 17.7 Å². The standard InChI is InChI=1S/C13H20N4O2/c1-10-13(8-14-6-7-18-3)11(2)17(16-10)9-12-4-5-15-19-12/h4-5,14H,6-9H2,1-3H3. The fourth-order valence-corrected chi connectivity index (χ4v) is 2.00. The molecule has 0 radical (unpaired) electrons. The Morgan fingerprint density at radius 2 is 2.26 bits per heavy atom. The third-order valence-corrected chi connectivity index (χ3v) is 3.11. The Hall–Kier alpha value is -1.66. The van der Waals surface area contributed by atoms with Crippen molar-refractivity contribution in [1.29, 1.82) is 0 Å². The summed E-state index contributed by atoms with van der Waals surface area (Å²) in [6.45, 7) is 7.07. The largest absolute Gasteiger partial charge is 0.383 e. The molecule has 0 aliphatic rings. The number of aromatic nitrogens is 3. The van der Waals surface area contributed by atoms with E-state index < -0.39 is 0 Å². The van der Waals surface area contributed by atoms with Crippen LogP contribution < -0.4 is 5.32 Å². The molecule has 0 aliphatic carbocycles. The molecule has 2 rings (SSSR count). The first-order valence-corrected chi connectivity index (χ1v) is 6.34. The van der Waals surface area contributed by atoms with Crippen LogP contribution in [0.15, 0.2) is 16.8 Å². The van der Waals surface area contributed by atoms with Gasteiger partial charge in [-0.3, -0.25) is 4.68 Å². The molecule has 0 aromatic carbocycles. The van der Waals surface area contributed by atoms with Gasteiger partial charge in [-0.25, -0.2) is 0 Å². The number of methoxy groups -OCH3 is 1. The summed E-state index contributed by atoms with van der Waals surface area (Å²) < 4.78 is 12.1. The minimum Gasteiger partial charge on any atom is -0.383 e. The van der Waals surface area contributed by atoms with Gasteiger partial charge in [-0.05, 0) is 13.8 Å². The highest BCUT2D eigenvalue weighted by molar-refractivity contribution is 5.24. The lowest BCUT2D eigenvalue weighted by Gasteiger charge is -2.05. The monoisotopic (exact) mass is 264 g/mol. The van der Waals surface area contributed by atoms with Gasteiger partial charge >= 0.3 is 0 Å². The van der Waals surface area contributed by atoms with E-state index in [1.165, 1.54) is 5.56 Å². The summed E-state index contributed by atoms with van der Waals surface area (Å²) >= 11 is 0. The van der Waals surface area contributed by atoms with Gasteiger partial charge < -0.3 is 14.6 Å². The zero-order chi connectivity index (χ0) is 13.7. The molecule has 0 bridgehead atoms. The summed E-state index contributed by atoms with van der Waals surface area (Å²) in [7, 11) is 1.70. The Kier molecular flexibility index (Phi) is 4.70. The van der Waals surface area contributed by atoms with Gasteiger partial charge in [-0.15, -0.1) is 0 Å². The molecule has 1 N–H and O–H groups in total. The van der Waals surface area contributed by atoms with Crippen molar-refractivity contribution >= 4 is 0 Å². The van der Waals surface area contributed by atoms with Gasteiger partial charge in [-0.2, -0.15) is 5.10 Å². The van der Waals surface area contributed by atoms with Crippen LogP contribution >= 0.6 is 0 Å². The third-order valence-electron chi connectivity index (χ3n) is 3.11. The summed E-state index contributed by atoms with van der Waals surface area (Å²) in [5, 5.41) is 11.6. The quantitative estimate of drug-likeness (QED) is 0.763. The molecule has 0 aliphatic heterocycles. The number of ether oxygens (including phenoxy) is 1. The van der Waals surface area contributed by atoms with Crippen molar-refractivity contribution < 1.29 is 9.26 Å². The molecule has 0 unspecified atom stereocenters. The van der Waals surface area contributed by atoms with Crippen LogP contribution in [0.25, 0.3) is 0 Å². The van der Waals surface area contributed by atoms with E-state index in [2.05, 4.69) is 22.5 Å². The molecule has 0 amide bonds. The van der Waals surface area contributed by atoms with Crippen LogP contribution in [0.1, 0.15) is 22.7 Å².